The maximum Gasteiger partial charge on any atom is 0.148 e. The molecule has 0 aromatic heterocycles. The Labute approximate surface area is 90.4 Å². The molecule has 0 radical (unpaired) electrons. The molecule has 0 amide bonds. The summed E-state index contributed by atoms with van der Waals surface area (Å²) in [6.07, 6.45) is 0. The number of rotatable bonds is 4. The summed E-state index contributed by atoms with van der Waals surface area (Å²) in [6.45, 7) is 5.91. The van der Waals surface area contributed by atoms with E-state index in [4.69, 9.17) is 4.74 Å². The Kier molecular flexibility index (Phi) is 3.72. The quantitative estimate of drug-likeness (QED) is 0.823. The minimum atomic E-state index is 0.128. The fourth-order valence-corrected chi connectivity index (χ4v) is 1.42. The van der Waals surface area contributed by atoms with Gasteiger partial charge in [0.1, 0.15) is 11.5 Å². The monoisotopic (exact) mass is 207 g/mol. The molecule has 15 heavy (non-hydrogen) atoms. The number of aryl methyl sites for hydroxylation is 2. The number of methoxy groups -OCH3 is 1. The van der Waals surface area contributed by atoms with Gasteiger partial charge in [-0.25, -0.2) is 0 Å². The molecule has 3 nitrogen and oxygen atoms in total. The zero-order chi connectivity index (χ0) is 11.4. The van der Waals surface area contributed by atoms with E-state index in [1.807, 2.05) is 26.0 Å². The van der Waals surface area contributed by atoms with Crippen molar-refractivity contribution in [2.45, 2.75) is 20.8 Å². The lowest BCUT2D eigenvalue weighted by Crippen LogP contribution is -2.10. The van der Waals surface area contributed by atoms with Crippen molar-refractivity contribution in [3.8, 4) is 5.75 Å². The highest BCUT2D eigenvalue weighted by Gasteiger charge is 2.04. The molecular formula is C12H17NO2. The van der Waals surface area contributed by atoms with Crippen LogP contribution >= 0.6 is 0 Å². The Morgan fingerprint density at radius 2 is 2.00 bits per heavy atom. The number of nitrogens with one attached hydrogen (secondary N) is 1. The second kappa shape index (κ2) is 4.82. The minimum absolute atomic E-state index is 0.128. The number of hydrogen-bond acceptors (Lipinski definition) is 3. The number of ether oxygens (including phenoxy) is 1. The number of anilines is 1. The largest absolute Gasteiger partial charge is 0.496 e. The van der Waals surface area contributed by atoms with Crippen LogP contribution < -0.4 is 10.1 Å². The second-order valence-electron chi connectivity index (χ2n) is 3.69. The van der Waals surface area contributed by atoms with E-state index in [-0.39, 0.29) is 5.78 Å². The van der Waals surface area contributed by atoms with Crippen LogP contribution in [-0.2, 0) is 4.79 Å². The average Bonchev–Trinajstić information content (AvgIpc) is 2.18. The second-order valence-corrected chi connectivity index (χ2v) is 3.69. The van der Waals surface area contributed by atoms with E-state index in [0.717, 1.165) is 22.6 Å². The van der Waals surface area contributed by atoms with E-state index in [9.17, 15) is 4.79 Å². The first-order valence-electron chi connectivity index (χ1n) is 4.93. The number of benzene rings is 1. The highest BCUT2D eigenvalue weighted by Crippen LogP contribution is 2.25. The van der Waals surface area contributed by atoms with E-state index < -0.39 is 0 Å². The number of ketones is 1. The summed E-state index contributed by atoms with van der Waals surface area (Å²) < 4.78 is 5.21. The fraction of sp³-hybridized carbons (Fsp3) is 0.417. The molecule has 82 valence electrons. The van der Waals surface area contributed by atoms with E-state index in [1.165, 1.54) is 0 Å². The Morgan fingerprint density at radius 1 is 1.33 bits per heavy atom. The minimum Gasteiger partial charge on any atom is -0.496 e. The molecule has 0 aliphatic carbocycles. The predicted octanol–water partition coefficient (Wildman–Crippen LogP) is 2.31. The fourth-order valence-electron chi connectivity index (χ4n) is 1.42. The predicted molar refractivity (Wildman–Crippen MR) is 61.6 cm³/mol. The highest BCUT2D eigenvalue weighted by atomic mass is 16.5. The number of carbonyl (C=O) groups is 1. The van der Waals surface area contributed by atoms with Crippen LogP contribution in [0.25, 0.3) is 0 Å². The van der Waals surface area contributed by atoms with Gasteiger partial charge in [0.15, 0.2) is 0 Å². The first-order chi connectivity index (χ1) is 7.04. The standard InChI is InChI=1S/C12H17NO2/c1-8-6-12(15-4)9(2)5-11(8)13-7-10(3)14/h5-6,13H,7H2,1-4H3. The first-order valence-corrected chi connectivity index (χ1v) is 4.93. The molecular weight excluding hydrogens is 190 g/mol. The molecule has 0 fully saturated rings. The molecule has 1 rings (SSSR count). The van der Waals surface area contributed by atoms with Crippen molar-refractivity contribution in [2.24, 2.45) is 0 Å². The van der Waals surface area contributed by atoms with Crippen LogP contribution in [0.15, 0.2) is 12.1 Å². The SMILES string of the molecule is COc1cc(C)c(NCC(C)=O)cc1C. The van der Waals surface area contributed by atoms with Crippen LogP contribution in [0.3, 0.4) is 0 Å². The first kappa shape index (κ1) is 11.6. The molecule has 3 heteroatoms. The van der Waals surface area contributed by atoms with Gasteiger partial charge in [-0.2, -0.15) is 0 Å². The Balaban J connectivity index is 2.90. The Morgan fingerprint density at radius 3 is 2.53 bits per heavy atom. The summed E-state index contributed by atoms with van der Waals surface area (Å²) in [4.78, 5) is 10.8. The molecule has 0 spiro atoms. The van der Waals surface area contributed by atoms with Gasteiger partial charge in [0.25, 0.3) is 0 Å². The van der Waals surface area contributed by atoms with Crippen molar-refractivity contribution < 1.29 is 9.53 Å². The van der Waals surface area contributed by atoms with Crippen LogP contribution in [0.4, 0.5) is 5.69 Å². The van der Waals surface area contributed by atoms with Gasteiger partial charge in [-0.15, -0.1) is 0 Å². The third kappa shape index (κ3) is 2.98. The van der Waals surface area contributed by atoms with E-state index in [2.05, 4.69) is 5.32 Å². The summed E-state index contributed by atoms with van der Waals surface area (Å²) in [6, 6.07) is 3.97. The van der Waals surface area contributed by atoms with Crippen molar-refractivity contribution in [1.29, 1.82) is 0 Å². The lowest BCUT2D eigenvalue weighted by Gasteiger charge is -2.12. The summed E-state index contributed by atoms with van der Waals surface area (Å²) in [5.41, 5.74) is 3.14. The smallest absolute Gasteiger partial charge is 0.148 e. The summed E-state index contributed by atoms with van der Waals surface area (Å²) in [5.74, 6) is 1.00. The molecule has 0 saturated carbocycles. The Bertz CT molecular complexity index is 372. The average molecular weight is 207 g/mol. The third-order valence-corrected chi connectivity index (χ3v) is 2.27. The van der Waals surface area contributed by atoms with Crippen LogP contribution in [0.1, 0.15) is 18.1 Å². The molecule has 1 aromatic carbocycles. The van der Waals surface area contributed by atoms with E-state index in [1.54, 1.807) is 14.0 Å². The summed E-state index contributed by atoms with van der Waals surface area (Å²) in [7, 11) is 1.66. The van der Waals surface area contributed by atoms with Crippen molar-refractivity contribution in [3.63, 3.8) is 0 Å². The maximum atomic E-state index is 10.8. The van der Waals surface area contributed by atoms with Crippen LogP contribution in [0.2, 0.25) is 0 Å². The molecule has 0 aliphatic heterocycles. The molecule has 0 atom stereocenters. The van der Waals surface area contributed by atoms with Gasteiger partial charge in [-0.1, -0.05) is 0 Å². The van der Waals surface area contributed by atoms with Crippen molar-refractivity contribution in [1.82, 2.24) is 0 Å². The number of Topliss-reactive ketones (excluding diaryl/α,β-unsaturated/α-hetero) is 1. The Hall–Kier alpha value is -1.51. The lowest BCUT2D eigenvalue weighted by atomic mass is 10.1. The molecule has 0 aliphatic rings. The zero-order valence-electron chi connectivity index (χ0n) is 9.68. The molecule has 0 saturated heterocycles. The van der Waals surface area contributed by atoms with Gasteiger partial charge in [-0.05, 0) is 44.0 Å². The normalized spacial score (nSPS) is 9.87. The number of carbonyl (C=O) groups excluding carboxylic acids is 1. The topological polar surface area (TPSA) is 38.3 Å². The van der Waals surface area contributed by atoms with Crippen molar-refractivity contribution in [3.05, 3.63) is 23.3 Å². The van der Waals surface area contributed by atoms with Gasteiger partial charge in [0.2, 0.25) is 0 Å². The maximum absolute atomic E-state index is 10.8. The molecule has 0 unspecified atom stereocenters. The zero-order valence-corrected chi connectivity index (χ0v) is 9.68. The van der Waals surface area contributed by atoms with Crippen LogP contribution in [-0.4, -0.2) is 19.4 Å². The van der Waals surface area contributed by atoms with E-state index in [0.29, 0.717) is 6.54 Å². The van der Waals surface area contributed by atoms with Crippen molar-refractivity contribution >= 4 is 11.5 Å². The molecule has 0 bridgehead atoms. The van der Waals surface area contributed by atoms with Crippen molar-refractivity contribution in [2.75, 3.05) is 19.0 Å². The third-order valence-electron chi connectivity index (χ3n) is 2.27. The molecule has 1 aromatic rings. The van der Waals surface area contributed by atoms with Gasteiger partial charge in [0.05, 0.1) is 13.7 Å². The lowest BCUT2D eigenvalue weighted by molar-refractivity contribution is -0.115. The highest BCUT2D eigenvalue weighted by molar-refractivity contribution is 5.80. The van der Waals surface area contributed by atoms with Gasteiger partial charge < -0.3 is 10.1 Å². The van der Waals surface area contributed by atoms with Gasteiger partial charge >= 0.3 is 0 Å². The van der Waals surface area contributed by atoms with Crippen LogP contribution in [0.5, 0.6) is 5.75 Å². The summed E-state index contributed by atoms with van der Waals surface area (Å²) in [5, 5.41) is 3.10. The molecule has 0 heterocycles. The molecule has 1 N–H and O–H groups in total. The van der Waals surface area contributed by atoms with Gasteiger partial charge in [-0.3, -0.25) is 4.79 Å². The number of hydrogen-bond donors (Lipinski definition) is 1. The van der Waals surface area contributed by atoms with E-state index >= 15 is 0 Å². The van der Waals surface area contributed by atoms with Gasteiger partial charge in [0, 0.05) is 5.69 Å². The van der Waals surface area contributed by atoms with Crippen LogP contribution in [0, 0.1) is 13.8 Å². The summed E-state index contributed by atoms with van der Waals surface area (Å²) >= 11 is 0.